The van der Waals surface area contributed by atoms with Gasteiger partial charge in [-0.15, -0.1) is 0 Å². The highest BCUT2D eigenvalue weighted by Gasteiger charge is 2.15. The molecule has 0 radical (unpaired) electrons. The SMILES string of the molecule is Cc1ccc(NC(=O)NC(=O)c2ccccc2N(C)C)cc1Oc1ncc(Cl)cn1. The van der Waals surface area contributed by atoms with Crippen LogP contribution in [0, 0.1) is 6.92 Å². The van der Waals surface area contributed by atoms with Crippen molar-refractivity contribution >= 4 is 34.9 Å². The molecule has 0 spiro atoms. The molecule has 30 heavy (non-hydrogen) atoms. The second-order valence-electron chi connectivity index (χ2n) is 6.59. The largest absolute Gasteiger partial charge is 0.424 e. The number of aromatic nitrogens is 2. The van der Waals surface area contributed by atoms with Crippen LogP contribution >= 0.6 is 11.6 Å². The molecule has 0 bridgehead atoms. The smallest absolute Gasteiger partial charge is 0.326 e. The number of ether oxygens (including phenoxy) is 1. The van der Waals surface area contributed by atoms with Crippen molar-refractivity contribution < 1.29 is 14.3 Å². The molecule has 1 aromatic heterocycles. The van der Waals surface area contributed by atoms with E-state index >= 15 is 0 Å². The van der Waals surface area contributed by atoms with E-state index in [4.69, 9.17) is 16.3 Å². The first kappa shape index (κ1) is 21.1. The Morgan fingerprint density at radius 2 is 1.77 bits per heavy atom. The van der Waals surface area contributed by atoms with Gasteiger partial charge in [-0.25, -0.2) is 14.8 Å². The van der Waals surface area contributed by atoms with Gasteiger partial charge in [-0.2, -0.15) is 0 Å². The van der Waals surface area contributed by atoms with Crippen LogP contribution in [0.2, 0.25) is 5.02 Å². The number of para-hydroxylation sites is 1. The van der Waals surface area contributed by atoms with E-state index in [-0.39, 0.29) is 6.01 Å². The Hall–Kier alpha value is -3.65. The molecule has 0 saturated heterocycles. The summed E-state index contributed by atoms with van der Waals surface area (Å²) in [5.74, 6) is -0.0469. The van der Waals surface area contributed by atoms with Crippen molar-refractivity contribution in [1.29, 1.82) is 0 Å². The number of nitrogens with one attached hydrogen (secondary N) is 2. The van der Waals surface area contributed by atoms with Crippen molar-refractivity contribution in [3.8, 4) is 11.8 Å². The number of benzene rings is 2. The average molecular weight is 426 g/mol. The fourth-order valence-electron chi connectivity index (χ4n) is 2.63. The molecule has 8 nitrogen and oxygen atoms in total. The van der Waals surface area contributed by atoms with Gasteiger partial charge in [0.15, 0.2) is 0 Å². The van der Waals surface area contributed by atoms with Gasteiger partial charge in [-0.3, -0.25) is 10.1 Å². The molecule has 3 rings (SSSR count). The lowest BCUT2D eigenvalue weighted by Gasteiger charge is -2.16. The minimum atomic E-state index is -0.661. The number of rotatable bonds is 5. The Kier molecular flexibility index (Phi) is 6.48. The van der Waals surface area contributed by atoms with Crippen LogP contribution in [0.4, 0.5) is 16.2 Å². The molecule has 3 aromatic rings. The molecule has 0 fully saturated rings. The molecule has 0 atom stereocenters. The Morgan fingerprint density at radius 1 is 1.07 bits per heavy atom. The maximum Gasteiger partial charge on any atom is 0.326 e. The molecule has 2 N–H and O–H groups in total. The van der Waals surface area contributed by atoms with E-state index in [1.165, 1.54) is 12.4 Å². The normalized spacial score (nSPS) is 10.3. The number of halogens is 1. The topological polar surface area (TPSA) is 96.5 Å². The third-order valence-corrected chi connectivity index (χ3v) is 4.30. The van der Waals surface area contributed by atoms with Gasteiger partial charge in [0.25, 0.3) is 5.91 Å². The van der Waals surface area contributed by atoms with E-state index in [9.17, 15) is 9.59 Å². The van der Waals surface area contributed by atoms with Gasteiger partial charge in [0, 0.05) is 31.5 Å². The predicted octanol–water partition coefficient (Wildman–Crippen LogP) is 4.26. The average Bonchev–Trinajstić information content (AvgIpc) is 2.72. The third-order valence-electron chi connectivity index (χ3n) is 4.10. The number of carbonyl (C=O) groups is 2. The highest BCUT2D eigenvalue weighted by atomic mass is 35.5. The maximum absolute atomic E-state index is 12.5. The van der Waals surface area contributed by atoms with Crippen LogP contribution in [0.5, 0.6) is 11.8 Å². The molecule has 0 aliphatic rings. The van der Waals surface area contributed by atoms with Crippen LogP contribution in [0.1, 0.15) is 15.9 Å². The molecule has 1 heterocycles. The van der Waals surface area contributed by atoms with Crippen molar-refractivity contribution in [3.05, 3.63) is 71.0 Å². The fraction of sp³-hybridized carbons (Fsp3) is 0.143. The van der Waals surface area contributed by atoms with Gasteiger partial charge in [-0.05, 0) is 30.7 Å². The monoisotopic (exact) mass is 425 g/mol. The van der Waals surface area contributed by atoms with Crippen molar-refractivity contribution in [2.24, 2.45) is 0 Å². The molecule has 0 aliphatic carbocycles. The summed E-state index contributed by atoms with van der Waals surface area (Å²) in [6.07, 6.45) is 2.85. The third kappa shape index (κ3) is 5.24. The zero-order valence-corrected chi connectivity index (χ0v) is 17.4. The van der Waals surface area contributed by atoms with Gasteiger partial charge in [-0.1, -0.05) is 29.8 Å². The quantitative estimate of drug-likeness (QED) is 0.634. The highest BCUT2D eigenvalue weighted by Crippen LogP contribution is 2.26. The minimum absolute atomic E-state index is 0.125. The Morgan fingerprint density at radius 3 is 2.47 bits per heavy atom. The lowest BCUT2D eigenvalue weighted by atomic mass is 10.1. The molecule has 0 aliphatic heterocycles. The number of aryl methyl sites for hydroxylation is 1. The summed E-state index contributed by atoms with van der Waals surface area (Å²) in [6, 6.07) is 11.6. The number of anilines is 2. The second-order valence-corrected chi connectivity index (χ2v) is 7.02. The molecule has 0 saturated carbocycles. The van der Waals surface area contributed by atoms with Gasteiger partial charge in [0.1, 0.15) is 5.75 Å². The minimum Gasteiger partial charge on any atom is -0.424 e. The Bertz CT molecular complexity index is 1070. The van der Waals surface area contributed by atoms with Crippen LogP contribution < -0.4 is 20.3 Å². The van der Waals surface area contributed by atoms with Crippen molar-refractivity contribution in [2.75, 3.05) is 24.3 Å². The van der Waals surface area contributed by atoms with E-state index in [0.717, 1.165) is 5.56 Å². The van der Waals surface area contributed by atoms with Crippen LogP contribution in [-0.4, -0.2) is 36.0 Å². The molecule has 2 aromatic carbocycles. The van der Waals surface area contributed by atoms with Crippen LogP contribution in [0.15, 0.2) is 54.9 Å². The number of hydrogen-bond acceptors (Lipinski definition) is 6. The van der Waals surface area contributed by atoms with E-state index in [1.54, 1.807) is 41.3 Å². The van der Waals surface area contributed by atoms with E-state index in [0.29, 0.717) is 27.7 Å². The first-order valence-electron chi connectivity index (χ1n) is 8.98. The summed E-state index contributed by atoms with van der Waals surface area (Å²) in [7, 11) is 3.65. The highest BCUT2D eigenvalue weighted by molar-refractivity contribution is 6.30. The number of nitrogens with zero attached hydrogens (tertiary/aromatic N) is 3. The summed E-state index contributed by atoms with van der Waals surface area (Å²) >= 11 is 5.78. The van der Waals surface area contributed by atoms with Gasteiger partial charge < -0.3 is 15.0 Å². The lowest BCUT2D eigenvalue weighted by Crippen LogP contribution is -2.35. The van der Waals surface area contributed by atoms with E-state index in [2.05, 4.69) is 20.6 Å². The maximum atomic E-state index is 12.5. The fourth-order valence-corrected chi connectivity index (χ4v) is 2.73. The Labute approximate surface area is 178 Å². The molecule has 154 valence electrons. The van der Waals surface area contributed by atoms with E-state index < -0.39 is 11.9 Å². The molecule has 3 amide bonds. The molecular formula is C21H20ClN5O3. The molecular weight excluding hydrogens is 406 g/mol. The van der Waals surface area contributed by atoms with Crippen LogP contribution in [0.25, 0.3) is 0 Å². The first-order chi connectivity index (χ1) is 14.3. The van der Waals surface area contributed by atoms with Crippen molar-refractivity contribution in [2.45, 2.75) is 6.92 Å². The molecule has 9 heteroatoms. The number of imide groups is 1. The predicted molar refractivity (Wildman–Crippen MR) is 116 cm³/mol. The zero-order chi connectivity index (χ0) is 21.7. The summed E-state index contributed by atoms with van der Waals surface area (Å²) in [6.45, 7) is 1.84. The van der Waals surface area contributed by atoms with Gasteiger partial charge >= 0.3 is 12.0 Å². The summed E-state index contributed by atoms with van der Waals surface area (Å²) < 4.78 is 5.65. The first-order valence-corrected chi connectivity index (χ1v) is 9.36. The Balaban J connectivity index is 1.69. The van der Waals surface area contributed by atoms with E-state index in [1.807, 2.05) is 27.1 Å². The van der Waals surface area contributed by atoms with Crippen molar-refractivity contribution in [1.82, 2.24) is 15.3 Å². The van der Waals surface area contributed by atoms with Crippen molar-refractivity contribution in [3.63, 3.8) is 0 Å². The molecule has 0 unspecified atom stereocenters. The second kappa shape index (κ2) is 9.23. The standard InChI is InChI=1S/C21H20ClN5O3/c1-13-8-9-15(10-18(13)30-21-23-11-14(22)12-24-21)25-20(29)26-19(28)16-6-4-5-7-17(16)27(2)3/h4-12H,1-3H3,(H2,25,26,28,29). The lowest BCUT2D eigenvalue weighted by molar-refractivity contribution is 0.0967. The van der Waals surface area contributed by atoms with Gasteiger partial charge in [0.2, 0.25) is 0 Å². The van der Waals surface area contributed by atoms with Crippen LogP contribution in [-0.2, 0) is 0 Å². The number of hydrogen-bond donors (Lipinski definition) is 2. The number of urea groups is 1. The summed E-state index contributed by atoms with van der Waals surface area (Å²) in [4.78, 5) is 34.6. The summed E-state index contributed by atoms with van der Waals surface area (Å²) in [5.41, 5.74) is 2.36. The number of amides is 3. The zero-order valence-electron chi connectivity index (χ0n) is 16.6. The van der Waals surface area contributed by atoms with Crippen LogP contribution in [0.3, 0.4) is 0 Å². The summed E-state index contributed by atoms with van der Waals surface area (Å²) in [5, 5.41) is 5.36. The van der Waals surface area contributed by atoms with Gasteiger partial charge in [0.05, 0.1) is 23.0 Å². The number of carbonyl (C=O) groups excluding carboxylic acids is 2.